The summed E-state index contributed by atoms with van der Waals surface area (Å²) < 4.78 is 2.44. The van der Waals surface area contributed by atoms with Gasteiger partial charge in [0.1, 0.15) is 5.82 Å². The molecule has 0 bridgehead atoms. The van der Waals surface area contributed by atoms with E-state index in [4.69, 9.17) is 4.98 Å². The van der Waals surface area contributed by atoms with Gasteiger partial charge in [-0.25, -0.2) is 4.98 Å². The number of imidazole rings is 1. The van der Waals surface area contributed by atoms with Gasteiger partial charge in [-0.05, 0) is 65.1 Å². The number of aromatic nitrogens is 2. The molecule has 2 heterocycles. The summed E-state index contributed by atoms with van der Waals surface area (Å²) in [5, 5.41) is 0. The first kappa shape index (κ1) is 18.2. The van der Waals surface area contributed by atoms with Crippen molar-refractivity contribution in [3.8, 4) is 0 Å². The summed E-state index contributed by atoms with van der Waals surface area (Å²) in [6.07, 6.45) is 4.96. The van der Waals surface area contributed by atoms with Crippen LogP contribution >= 0.6 is 12.4 Å². The second kappa shape index (κ2) is 8.67. The van der Waals surface area contributed by atoms with Crippen LogP contribution < -0.4 is 0 Å². The van der Waals surface area contributed by atoms with E-state index in [2.05, 4.69) is 52.7 Å². The number of likely N-dealkylation sites (tertiary alicyclic amines) is 1. The molecule has 128 valence electrons. The zero-order valence-corrected chi connectivity index (χ0v) is 15.2. The van der Waals surface area contributed by atoms with E-state index in [-0.39, 0.29) is 12.4 Å². The minimum atomic E-state index is 0. The number of rotatable bonds is 7. The van der Waals surface area contributed by atoms with Crippen molar-refractivity contribution >= 4 is 23.4 Å². The van der Waals surface area contributed by atoms with E-state index in [0.29, 0.717) is 0 Å². The lowest BCUT2D eigenvalue weighted by Crippen LogP contribution is -2.23. The van der Waals surface area contributed by atoms with Gasteiger partial charge in [0.2, 0.25) is 0 Å². The molecule has 0 spiro atoms. The van der Waals surface area contributed by atoms with Crippen LogP contribution in [0.5, 0.6) is 0 Å². The first-order valence-electron chi connectivity index (χ1n) is 8.55. The highest BCUT2D eigenvalue weighted by molar-refractivity contribution is 5.85. The van der Waals surface area contributed by atoms with Crippen molar-refractivity contribution in [3.05, 3.63) is 30.1 Å². The first-order valence-corrected chi connectivity index (χ1v) is 8.55. The summed E-state index contributed by atoms with van der Waals surface area (Å²) in [5.74, 6) is 1.26. The van der Waals surface area contributed by atoms with Crippen molar-refractivity contribution in [1.82, 2.24) is 19.4 Å². The van der Waals surface area contributed by atoms with Crippen molar-refractivity contribution in [2.75, 3.05) is 40.3 Å². The molecule has 0 saturated carbocycles. The number of fused-ring (bicyclic) bond motifs is 1. The van der Waals surface area contributed by atoms with E-state index >= 15 is 0 Å². The van der Waals surface area contributed by atoms with E-state index in [1.165, 1.54) is 43.7 Å². The van der Waals surface area contributed by atoms with Gasteiger partial charge in [0.25, 0.3) is 0 Å². The first-order chi connectivity index (χ1) is 10.7. The highest BCUT2D eigenvalue weighted by atomic mass is 35.5. The molecule has 1 saturated heterocycles. The van der Waals surface area contributed by atoms with Gasteiger partial charge in [0.05, 0.1) is 11.0 Å². The Balaban J connectivity index is 0.00000192. The average Bonchev–Trinajstić information content (AvgIpc) is 3.13. The number of aryl methyl sites for hydroxylation is 1. The summed E-state index contributed by atoms with van der Waals surface area (Å²) in [7, 11) is 4.28. The summed E-state index contributed by atoms with van der Waals surface area (Å²) >= 11 is 0. The molecule has 2 aromatic rings. The molecule has 1 aromatic carbocycles. The molecule has 0 radical (unpaired) electrons. The van der Waals surface area contributed by atoms with Crippen LogP contribution in [-0.4, -0.2) is 59.6 Å². The van der Waals surface area contributed by atoms with Gasteiger partial charge in [-0.2, -0.15) is 0 Å². The monoisotopic (exact) mass is 336 g/mol. The van der Waals surface area contributed by atoms with Crippen LogP contribution in [0.3, 0.4) is 0 Å². The minimum Gasteiger partial charge on any atom is -0.328 e. The van der Waals surface area contributed by atoms with Crippen molar-refractivity contribution in [1.29, 1.82) is 0 Å². The third-order valence-corrected chi connectivity index (χ3v) is 4.57. The lowest BCUT2D eigenvalue weighted by Gasteiger charge is -2.16. The molecule has 1 aromatic heterocycles. The van der Waals surface area contributed by atoms with Crippen molar-refractivity contribution in [2.45, 2.75) is 32.2 Å². The van der Waals surface area contributed by atoms with Gasteiger partial charge in [0, 0.05) is 19.5 Å². The van der Waals surface area contributed by atoms with Gasteiger partial charge in [0.15, 0.2) is 0 Å². The maximum absolute atomic E-state index is 4.89. The molecule has 0 atom stereocenters. The Labute approximate surface area is 145 Å². The summed E-state index contributed by atoms with van der Waals surface area (Å²) in [6.45, 7) is 5.87. The van der Waals surface area contributed by atoms with Crippen LogP contribution in [0.2, 0.25) is 0 Å². The fourth-order valence-corrected chi connectivity index (χ4v) is 3.38. The Bertz CT molecular complexity index is 602. The third-order valence-electron chi connectivity index (χ3n) is 4.57. The fourth-order valence-electron chi connectivity index (χ4n) is 3.38. The summed E-state index contributed by atoms with van der Waals surface area (Å²) in [5.41, 5.74) is 2.43. The van der Waals surface area contributed by atoms with Crippen molar-refractivity contribution < 1.29 is 0 Å². The molecule has 1 fully saturated rings. The molecular formula is C18H29ClN4. The normalized spacial score (nSPS) is 15.4. The Hall–Kier alpha value is -1.10. The zero-order chi connectivity index (χ0) is 15.4. The second-order valence-electron chi connectivity index (χ2n) is 6.62. The van der Waals surface area contributed by atoms with Gasteiger partial charge < -0.3 is 14.4 Å². The maximum atomic E-state index is 4.89. The van der Waals surface area contributed by atoms with E-state index in [1.807, 2.05) is 0 Å². The number of hydrogen-bond donors (Lipinski definition) is 0. The minimum absolute atomic E-state index is 0. The fraction of sp³-hybridized carbons (Fsp3) is 0.611. The number of benzene rings is 1. The molecule has 23 heavy (non-hydrogen) atoms. The molecule has 0 aliphatic carbocycles. The zero-order valence-electron chi connectivity index (χ0n) is 14.4. The van der Waals surface area contributed by atoms with E-state index in [9.17, 15) is 0 Å². The smallest absolute Gasteiger partial charge is 0.111 e. The van der Waals surface area contributed by atoms with Crippen LogP contribution in [0.1, 0.15) is 25.1 Å². The highest BCUT2D eigenvalue weighted by Gasteiger charge is 2.14. The van der Waals surface area contributed by atoms with E-state index in [1.54, 1.807) is 0 Å². The largest absolute Gasteiger partial charge is 0.328 e. The van der Waals surface area contributed by atoms with Crippen LogP contribution in [0.25, 0.3) is 11.0 Å². The standard InChI is InChI=1S/C18H28N4.ClH/c1-20(2)11-7-14-22-17-9-4-3-8-16(17)19-18(22)10-15-21-12-5-6-13-21;/h3-4,8-9H,5-7,10-15H2,1-2H3;1H. The highest BCUT2D eigenvalue weighted by Crippen LogP contribution is 2.18. The molecule has 0 amide bonds. The number of hydrogen-bond acceptors (Lipinski definition) is 3. The van der Waals surface area contributed by atoms with Crippen LogP contribution in [0.15, 0.2) is 24.3 Å². The molecule has 0 unspecified atom stereocenters. The SMILES string of the molecule is CN(C)CCCn1c(CCN2CCCC2)nc2ccccc21.Cl. The lowest BCUT2D eigenvalue weighted by atomic mass is 10.3. The maximum Gasteiger partial charge on any atom is 0.111 e. The predicted octanol–water partition coefficient (Wildman–Crippen LogP) is 3.05. The molecule has 5 heteroatoms. The Morgan fingerprint density at radius 2 is 1.83 bits per heavy atom. The van der Waals surface area contributed by atoms with Crippen LogP contribution in [-0.2, 0) is 13.0 Å². The van der Waals surface area contributed by atoms with E-state index in [0.717, 1.165) is 31.6 Å². The molecule has 1 aliphatic heterocycles. The quantitative estimate of drug-likeness (QED) is 0.776. The summed E-state index contributed by atoms with van der Waals surface area (Å²) in [4.78, 5) is 9.72. The van der Waals surface area contributed by atoms with Gasteiger partial charge in [-0.1, -0.05) is 12.1 Å². The van der Waals surface area contributed by atoms with Crippen molar-refractivity contribution in [3.63, 3.8) is 0 Å². The van der Waals surface area contributed by atoms with Gasteiger partial charge in [-0.3, -0.25) is 0 Å². The number of para-hydroxylation sites is 2. The van der Waals surface area contributed by atoms with Crippen LogP contribution in [0.4, 0.5) is 0 Å². The van der Waals surface area contributed by atoms with Crippen molar-refractivity contribution in [2.24, 2.45) is 0 Å². The third kappa shape index (κ3) is 4.69. The second-order valence-corrected chi connectivity index (χ2v) is 6.62. The molecule has 1 aliphatic rings. The average molecular weight is 337 g/mol. The number of nitrogens with zero attached hydrogens (tertiary/aromatic N) is 4. The summed E-state index contributed by atoms with van der Waals surface area (Å²) in [6, 6.07) is 8.55. The van der Waals surface area contributed by atoms with Crippen LogP contribution in [0, 0.1) is 0 Å². The predicted molar refractivity (Wildman–Crippen MR) is 99.5 cm³/mol. The van der Waals surface area contributed by atoms with Gasteiger partial charge >= 0.3 is 0 Å². The lowest BCUT2D eigenvalue weighted by molar-refractivity contribution is 0.337. The Morgan fingerprint density at radius 3 is 2.57 bits per heavy atom. The molecule has 3 rings (SSSR count). The Morgan fingerprint density at radius 1 is 1.09 bits per heavy atom. The topological polar surface area (TPSA) is 24.3 Å². The molecular weight excluding hydrogens is 308 g/mol. The van der Waals surface area contributed by atoms with Gasteiger partial charge in [-0.15, -0.1) is 12.4 Å². The van der Waals surface area contributed by atoms with E-state index < -0.39 is 0 Å². The number of halogens is 1. The molecule has 0 N–H and O–H groups in total. The molecule has 4 nitrogen and oxygen atoms in total. The Kier molecular flexibility index (Phi) is 6.88.